The van der Waals surface area contributed by atoms with Crippen LogP contribution in [0.2, 0.25) is 0 Å². The summed E-state index contributed by atoms with van der Waals surface area (Å²) in [5, 5.41) is 47.3. The van der Waals surface area contributed by atoms with Gasteiger partial charge in [-0.1, -0.05) is 30.7 Å². The van der Waals surface area contributed by atoms with Crippen molar-refractivity contribution in [2.24, 2.45) is 0 Å². The van der Waals surface area contributed by atoms with Crippen LogP contribution in [0.4, 0.5) is 0 Å². The maximum Gasteiger partial charge on any atom is 0.339 e. The Balaban J connectivity index is 0.0000104. The van der Waals surface area contributed by atoms with E-state index in [0.29, 0.717) is 38.9 Å². The van der Waals surface area contributed by atoms with Crippen LogP contribution in [0.5, 0.6) is 17.2 Å². The van der Waals surface area contributed by atoms with Gasteiger partial charge in [0.1, 0.15) is 47.0 Å². The highest BCUT2D eigenvalue weighted by Gasteiger charge is 2.26. The fraction of sp³-hybridized carbons (Fsp3) is 0.377. The minimum atomic E-state index is -1.29. The van der Waals surface area contributed by atoms with E-state index in [1.165, 1.54) is 100 Å². The number of para-hydroxylation sites is 3. The summed E-state index contributed by atoms with van der Waals surface area (Å²) in [5.74, 6) is -8.04. The second kappa shape index (κ2) is 33.9. The number of carboxylic acid groups (broad SMARTS) is 4. The number of nitrogens with zero attached hydrogens (tertiary/aromatic N) is 1. The number of methoxy groups -OCH3 is 3. The molecule has 4 aromatic carbocycles. The number of hydrogen-bond acceptors (Lipinski definition) is 13. The molecule has 0 spiro atoms. The number of nitrogens with one attached hydrogen (secondary N) is 5. The van der Waals surface area contributed by atoms with Crippen LogP contribution in [0.15, 0.2) is 78.9 Å². The molecule has 0 aliphatic rings. The molecule has 0 saturated carbocycles. The fourth-order valence-electron chi connectivity index (χ4n) is 8.32. The van der Waals surface area contributed by atoms with Crippen molar-refractivity contribution < 1.29 is 117 Å². The van der Waals surface area contributed by atoms with Gasteiger partial charge in [0.25, 0.3) is 23.6 Å². The molecule has 4 aromatic rings. The third-order valence-electron chi connectivity index (χ3n) is 12.2. The number of amides is 4. The number of carbonyl (C=O) groups is 9. The van der Waals surface area contributed by atoms with Gasteiger partial charge < -0.3 is 94.8 Å². The molecule has 1 atom stereocenters. The second-order valence-corrected chi connectivity index (χ2v) is 17.1. The molecule has 23 nitrogen and oxygen atoms in total. The first-order chi connectivity index (χ1) is 36.4. The van der Waals surface area contributed by atoms with Gasteiger partial charge in [-0.15, -0.1) is 0 Å². The lowest BCUT2D eigenvalue weighted by atomic mass is 10.1. The maximum atomic E-state index is 14.2. The van der Waals surface area contributed by atoms with E-state index in [4.69, 9.17) is 18.9 Å². The first kappa shape index (κ1) is 66.1. The third kappa shape index (κ3) is 19.5. The Morgan fingerprint density at radius 3 is 1.24 bits per heavy atom. The smallest absolute Gasteiger partial charge is 0.339 e. The lowest BCUT2D eigenvalue weighted by Gasteiger charge is -2.28. The molecule has 25 heteroatoms. The van der Waals surface area contributed by atoms with Crippen LogP contribution in [0.1, 0.15) is 115 Å². The van der Waals surface area contributed by atoms with Gasteiger partial charge in [-0.05, 0) is 74.4 Å². The lowest BCUT2D eigenvalue weighted by molar-refractivity contribution is -0.955. The molecule has 1 unspecified atom stereocenters. The van der Waals surface area contributed by atoms with Gasteiger partial charge in [0.05, 0.1) is 103 Å². The fourth-order valence-corrected chi connectivity index (χ4v) is 8.32. The molecule has 78 heavy (non-hydrogen) atoms. The van der Waals surface area contributed by atoms with E-state index in [9.17, 15) is 63.6 Å². The van der Waals surface area contributed by atoms with E-state index in [1.807, 2.05) is 0 Å². The minimum absolute atomic E-state index is 0. The van der Waals surface area contributed by atoms with Gasteiger partial charge in [-0.2, -0.15) is 0 Å². The Kier molecular flexibility index (Phi) is 28.8. The highest BCUT2D eigenvalue weighted by atomic mass is 35.5. The molecule has 9 N–H and O–H groups in total. The van der Waals surface area contributed by atoms with Gasteiger partial charge in [0.15, 0.2) is 0 Å². The number of unbranched alkanes of at least 4 members (excludes halogenated alkanes) is 2. The summed E-state index contributed by atoms with van der Waals surface area (Å²) in [7, 11) is 3.75. The number of rotatable bonds is 33. The van der Waals surface area contributed by atoms with Crippen LogP contribution in [-0.4, -0.2) is 179 Å². The van der Waals surface area contributed by atoms with Crippen LogP contribution in [-0.2, 0) is 9.53 Å². The second-order valence-electron chi connectivity index (χ2n) is 17.1. The van der Waals surface area contributed by atoms with Crippen molar-refractivity contribution in [3.05, 3.63) is 123 Å². The van der Waals surface area contributed by atoms with Crippen molar-refractivity contribution in [3.63, 3.8) is 0 Å². The van der Waals surface area contributed by atoms with E-state index in [2.05, 4.69) is 16.0 Å². The zero-order valence-corrected chi connectivity index (χ0v) is 45.1. The number of ether oxygens (including phenoxy) is 4. The van der Waals surface area contributed by atoms with Crippen LogP contribution < -0.4 is 64.8 Å². The number of quaternary nitrogens is 2. The quantitative estimate of drug-likeness (QED) is 0.0160. The van der Waals surface area contributed by atoms with Gasteiger partial charge in [-0.3, -0.25) is 24.0 Å². The van der Waals surface area contributed by atoms with E-state index >= 15 is 0 Å². The predicted molar refractivity (Wildman–Crippen MR) is 272 cm³/mol. The summed E-state index contributed by atoms with van der Waals surface area (Å²) in [6.07, 6.45) is 1.79. The highest BCUT2D eigenvalue weighted by Crippen LogP contribution is 2.26. The topological polar surface area (TPSA) is 320 Å². The number of carbonyl (C=O) groups excluding carboxylic acids is 5. The van der Waals surface area contributed by atoms with E-state index < -0.39 is 47.5 Å². The minimum Gasteiger partial charge on any atom is -1.00 e. The third-order valence-corrected chi connectivity index (χ3v) is 12.2. The molecule has 4 amide bonds. The van der Waals surface area contributed by atoms with E-state index in [-0.39, 0.29) is 158 Å². The molecule has 4 rings (SSSR count). The molecule has 0 heterocycles. The monoisotopic (exact) mass is 1130 g/mol. The van der Waals surface area contributed by atoms with Crippen LogP contribution in [0.25, 0.3) is 0 Å². The summed E-state index contributed by atoms with van der Waals surface area (Å²) >= 11 is 0. The average Bonchev–Trinajstić information content (AvgIpc) is 3.41. The Bertz CT molecular complexity index is 2640. The van der Waals surface area contributed by atoms with Crippen LogP contribution >= 0.6 is 0 Å². The summed E-state index contributed by atoms with van der Waals surface area (Å²) < 4.78 is 20.9. The van der Waals surface area contributed by atoms with Gasteiger partial charge in [0, 0.05) is 18.5 Å². The zero-order valence-electron chi connectivity index (χ0n) is 43.6. The number of aromatic carboxylic acids is 4. The Morgan fingerprint density at radius 1 is 0.474 bits per heavy atom. The molecule has 0 fully saturated rings. The molecule has 0 aliphatic carbocycles. The molecular weight excluding hydrogens is 1060 g/mol. The van der Waals surface area contributed by atoms with Crippen molar-refractivity contribution >= 4 is 53.5 Å². The molecule has 0 aliphatic heterocycles. The molecule has 0 radical (unpaired) electrons. The summed E-state index contributed by atoms with van der Waals surface area (Å²) in [6.45, 7) is 4.37. The van der Waals surface area contributed by atoms with Crippen molar-refractivity contribution in [2.45, 2.75) is 32.6 Å². The number of hydrogen-bond donors (Lipinski definition) is 9. The molecular formula is C53H66Cl2N6O17. The van der Waals surface area contributed by atoms with Gasteiger partial charge in [-0.25, -0.2) is 19.2 Å². The van der Waals surface area contributed by atoms with Crippen molar-refractivity contribution in [1.82, 2.24) is 20.9 Å². The number of esters is 1. The first-order valence-electron chi connectivity index (χ1n) is 24.5. The lowest BCUT2D eigenvalue weighted by Crippen LogP contribution is -3.21. The molecule has 0 aromatic heterocycles. The Morgan fingerprint density at radius 2 is 0.859 bits per heavy atom. The number of halogens is 2. The zero-order chi connectivity index (χ0) is 55.7. The molecule has 424 valence electrons. The SMILES string of the molecule is CCOC(=O)CCCCCN(CC[NH+](CCNC(=O)c1cccc(C(=O)O)c1OC)CC[NH+](CCNC(=O)c1cccc(C(=O)O)c1OC)CCNC(=O)c1cccc(C(=O)O)c1OC)C(=O)c1cccc(C(=O)O)c1.[Cl-].[Cl-]. The van der Waals surface area contributed by atoms with Crippen molar-refractivity contribution in [2.75, 3.05) is 99.9 Å². The largest absolute Gasteiger partial charge is 1.00 e. The van der Waals surface area contributed by atoms with Crippen molar-refractivity contribution in [1.29, 1.82) is 0 Å². The van der Waals surface area contributed by atoms with Crippen molar-refractivity contribution in [3.8, 4) is 17.2 Å². The normalized spacial score (nSPS) is 10.9. The first-order valence-corrected chi connectivity index (χ1v) is 24.5. The maximum absolute atomic E-state index is 14.2. The van der Waals surface area contributed by atoms with Gasteiger partial charge >= 0.3 is 29.8 Å². The van der Waals surface area contributed by atoms with Crippen LogP contribution in [0, 0.1) is 0 Å². The standard InChI is InChI=1S/C53H64N6O17.2ClH/c1-5-76-42(60)21-7-6-8-25-59(49(64)34-13-9-14-35(33-34)50(65)66)32-31-58(28-24-56-48(63)38-17-12-20-41(53(71)72)45(38)75-4)30-29-57(26-22-54-46(61)36-15-10-18-39(51(67)68)43(36)73-2)27-23-55-47(62)37-16-11-19-40(52(69)70)44(37)74-3;;/h9-20,33H,5-8,21-32H2,1-4H3,(H,54,61)(H,55,62)(H,56,63)(H,65,66)(H,67,68)(H,69,70)(H,71,72);2*1H. The highest BCUT2D eigenvalue weighted by molar-refractivity contribution is 6.04. The average molecular weight is 1130 g/mol. The van der Waals surface area contributed by atoms with Gasteiger partial charge in [0.2, 0.25) is 0 Å². The summed E-state index contributed by atoms with van der Waals surface area (Å²) in [4.78, 5) is 118. The molecule has 0 saturated heterocycles. The summed E-state index contributed by atoms with van der Waals surface area (Å²) in [6, 6.07) is 18.1. The summed E-state index contributed by atoms with van der Waals surface area (Å²) in [5.41, 5.74) is -0.581. The number of carboxylic acids is 4. The van der Waals surface area contributed by atoms with E-state index in [0.717, 1.165) is 9.80 Å². The van der Waals surface area contributed by atoms with E-state index in [1.54, 1.807) is 11.8 Å². The van der Waals surface area contributed by atoms with Crippen LogP contribution in [0.3, 0.4) is 0 Å². The Labute approximate surface area is 463 Å². The predicted octanol–water partition coefficient (Wildman–Crippen LogP) is -4.86. The molecule has 0 bridgehead atoms. The Hall–Kier alpha value is -7.99. The number of benzene rings is 4.